The monoisotopic (exact) mass is 484 g/mol. The van der Waals surface area contributed by atoms with Gasteiger partial charge in [0.1, 0.15) is 17.3 Å². The summed E-state index contributed by atoms with van der Waals surface area (Å²) in [7, 11) is 2.03. The van der Waals surface area contributed by atoms with Crippen LogP contribution in [0.1, 0.15) is 40.5 Å². The minimum Gasteiger partial charge on any atom is -0.378 e. The van der Waals surface area contributed by atoms with Crippen molar-refractivity contribution in [2.75, 3.05) is 36.5 Å². The first-order valence-electron chi connectivity index (χ1n) is 12.2. The molecule has 10 nitrogen and oxygen atoms in total. The lowest BCUT2D eigenvalue weighted by Gasteiger charge is -2.27. The van der Waals surface area contributed by atoms with Crippen LogP contribution in [0.5, 0.6) is 0 Å². The maximum atomic E-state index is 13.0. The second-order valence-corrected chi connectivity index (χ2v) is 9.34. The molecule has 2 fully saturated rings. The summed E-state index contributed by atoms with van der Waals surface area (Å²) >= 11 is 0. The molecule has 1 amide bonds. The third-order valence-corrected chi connectivity index (χ3v) is 6.78. The zero-order valence-electron chi connectivity index (χ0n) is 20.4. The summed E-state index contributed by atoms with van der Waals surface area (Å²) in [6.45, 7) is 4.86. The molecule has 1 aliphatic carbocycles. The number of carbonyl (C=O) groups is 1. The van der Waals surface area contributed by atoms with Crippen molar-refractivity contribution in [2.45, 2.75) is 25.7 Å². The van der Waals surface area contributed by atoms with E-state index in [4.69, 9.17) is 4.74 Å². The van der Waals surface area contributed by atoms with Crippen LogP contribution in [0.15, 0.2) is 48.9 Å². The van der Waals surface area contributed by atoms with Gasteiger partial charge in [-0.15, -0.1) is 5.10 Å². The maximum absolute atomic E-state index is 13.0. The van der Waals surface area contributed by atoms with E-state index >= 15 is 0 Å². The van der Waals surface area contributed by atoms with E-state index in [0.717, 1.165) is 47.4 Å². The number of rotatable bonds is 6. The quantitative estimate of drug-likeness (QED) is 0.448. The van der Waals surface area contributed by atoms with Crippen molar-refractivity contribution in [3.63, 3.8) is 0 Å². The summed E-state index contributed by atoms with van der Waals surface area (Å²) in [5.41, 5.74) is 4.81. The number of hydrogen-bond donors (Lipinski definition) is 1. The molecule has 4 heterocycles. The van der Waals surface area contributed by atoms with E-state index in [2.05, 4.69) is 35.1 Å². The topological polar surface area (TPSA) is 103 Å². The molecule has 1 saturated carbocycles. The van der Waals surface area contributed by atoms with Gasteiger partial charge in [-0.25, -0.2) is 14.6 Å². The Balaban J connectivity index is 1.22. The van der Waals surface area contributed by atoms with Crippen molar-refractivity contribution in [2.24, 2.45) is 7.05 Å². The highest BCUT2D eigenvalue weighted by atomic mass is 16.5. The molecule has 0 atom stereocenters. The largest absolute Gasteiger partial charge is 0.378 e. The van der Waals surface area contributed by atoms with Gasteiger partial charge in [0.25, 0.3) is 5.91 Å². The van der Waals surface area contributed by atoms with Crippen LogP contribution in [0.3, 0.4) is 0 Å². The van der Waals surface area contributed by atoms with Crippen LogP contribution in [-0.4, -0.2) is 61.7 Å². The number of ether oxygens (including phenoxy) is 1. The summed E-state index contributed by atoms with van der Waals surface area (Å²) in [6.07, 6.45) is 7.83. The van der Waals surface area contributed by atoms with E-state index in [1.165, 1.54) is 12.8 Å². The van der Waals surface area contributed by atoms with Crippen molar-refractivity contribution in [3.8, 4) is 17.1 Å². The van der Waals surface area contributed by atoms with Crippen LogP contribution in [0.4, 0.5) is 11.5 Å². The van der Waals surface area contributed by atoms with E-state index in [9.17, 15) is 4.79 Å². The number of benzene rings is 1. The molecular weight excluding hydrogens is 456 g/mol. The van der Waals surface area contributed by atoms with Gasteiger partial charge in [-0.2, -0.15) is 0 Å². The second kappa shape index (κ2) is 9.19. The molecule has 1 aliphatic heterocycles. The molecule has 36 heavy (non-hydrogen) atoms. The first-order valence-corrected chi connectivity index (χ1v) is 12.2. The summed E-state index contributed by atoms with van der Waals surface area (Å²) in [5.74, 6) is 2.26. The van der Waals surface area contributed by atoms with Crippen molar-refractivity contribution < 1.29 is 9.53 Å². The number of imidazole rings is 1. The number of pyridine rings is 1. The third kappa shape index (κ3) is 4.35. The van der Waals surface area contributed by atoms with Crippen LogP contribution in [0.25, 0.3) is 17.1 Å². The standard InChI is InChI=1S/C26H28N8O2/c1-17-3-6-20(29-26(35)19-7-8-27-24(13-19)33-9-11-36-12-10-33)14-22(17)34-16-21(30-31-34)23-15-28-25(32(23)2)18-4-5-18/h3,6-8,13-16,18H,4-5,9-12H2,1-2H3,(H,29,35). The minimum atomic E-state index is -0.191. The van der Waals surface area contributed by atoms with Gasteiger partial charge in [0.2, 0.25) is 0 Å². The molecule has 0 spiro atoms. The normalized spacial score (nSPS) is 15.8. The third-order valence-electron chi connectivity index (χ3n) is 6.78. The number of aromatic nitrogens is 6. The Kier molecular flexibility index (Phi) is 5.73. The molecular formula is C26H28N8O2. The van der Waals surface area contributed by atoms with Crippen molar-refractivity contribution in [1.82, 2.24) is 29.5 Å². The van der Waals surface area contributed by atoms with Crippen molar-refractivity contribution >= 4 is 17.4 Å². The smallest absolute Gasteiger partial charge is 0.255 e. The second-order valence-electron chi connectivity index (χ2n) is 9.34. The number of aryl methyl sites for hydroxylation is 1. The van der Waals surface area contributed by atoms with Crippen molar-refractivity contribution in [1.29, 1.82) is 0 Å². The average Bonchev–Trinajstić information content (AvgIpc) is 3.51. The van der Waals surface area contributed by atoms with Gasteiger partial charge in [-0.05, 0) is 49.6 Å². The van der Waals surface area contributed by atoms with Gasteiger partial charge in [-0.1, -0.05) is 11.3 Å². The number of amides is 1. The predicted octanol–water partition coefficient (Wildman–Crippen LogP) is 3.34. The maximum Gasteiger partial charge on any atom is 0.255 e. The molecule has 4 aromatic rings. The van der Waals surface area contributed by atoms with Gasteiger partial charge in [-0.3, -0.25) is 4.79 Å². The van der Waals surface area contributed by atoms with Crippen molar-refractivity contribution in [3.05, 3.63) is 65.9 Å². The molecule has 1 N–H and O–H groups in total. The van der Waals surface area contributed by atoms with Crippen LogP contribution in [-0.2, 0) is 11.8 Å². The number of nitrogens with one attached hydrogen (secondary N) is 1. The molecule has 1 saturated heterocycles. The fourth-order valence-corrected chi connectivity index (χ4v) is 4.54. The SMILES string of the molecule is Cc1ccc(NC(=O)c2ccnc(N3CCOCC3)c2)cc1-n1cc(-c2cnc(C3CC3)n2C)nn1. The highest BCUT2D eigenvalue weighted by molar-refractivity contribution is 6.04. The Labute approximate surface area is 208 Å². The highest BCUT2D eigenvalue weighted by Gasteiger charge is 2.29. The Morgan fingerprint density at radius 3 is 2.75 bits per heavy atom. The van der Waals surface area contributed by atoms with Crippen LogP contribution in [0.2, 0.25) is 0 Å². The fraction of sp³-hybridized carbons (Fsp3) is 0.346. The Morgan fingerprint density at radius 1 is 1.11 bits per heavy atom. The molecule has 0 bridgehead atoms. The fourth-order valence-electron chi connectivity index (χ4n) is 4.54. The first kappa shape index (κ1) is 22.4. The zero-order chi connectivity index (χ0) is 24.6. The summed E-state index contributed by atoms with van der Waals surface area (Å²) < 4.78 is 9.27. The molecule has 3 aromatic heterocycles. The minimum absolute atomic E-state index is 0.191. The van der Waals surface area contributed by atoms with E-state index in [1.807, 2.05) is 50.6 Å². The molecule has 10 heteroatoms. The molecule has 0 unspecified atom stereocenters. The highest BCUT2D eigenvalue weighted by Crippen LogP contribution is 2.40. The predicted molar refractivity (Wildman–Crippen MR) is 135 cm³/mol. The van der Waals surface area contributed by atoms with E-state index in [1.54, 1.807) is 16.9 Å². The summed E-state index contributed by atoms with van der Waals surface area (Å²) in [6, 6.07) is 9.31. The van der Waals surface area contributed by atoms with Crippen LogP contribution < -0.4 is 10.2 Å². The van der Waals surface area contributed by atoms with Gasteiger partial charge in [0.05, 0.1) is 37.0 Å². The Bertz CT molecular complexity index is 1420. The molecule has 184 valence electrons. The lowest BCUT2D eigenvalue weighted by Crippen LogP contribution is -2.36. The first-order chi connectivity index (χ1) is 17.6. The molecule has 0 radical (unpaired) electrons. The Hall–Kier alpha value is -4.05. The van der Waals surface area contributed by atoms with Gasteiger partial charge >= 0.3 is 0 Å². The Morgan fingerprint density at radius 2 is 1.94 bits per heavy atom. The molecule has 2 aliphatic rings. The van der Waals surface area contributed by atoms with Gasteiger partial charge < -0.3 is 19.5 Å². The van der Waals surface area contributed by atoms with E-state index in [0.29, 0.717) is 30.4 Å². The van der Waals surface area contributed by atoms with Gasteiger partial charge in [0.15, 0.2) is 0 Å². The van der Waals surface area contributed by atoms with Gasteiger partial charge in [0, 0.05) is 43.5 Å². The lowest BCUT2D eigenvalue weighted by molar-refractivity contribution is 0.102. The molecule has 1 aromatic carbocycles. The molecule has 6 rings (SSSR count). The summed E-state index contributed by atoms with van der Waals surface area (Å²) in [5, 5.41) is 11.8. The average molecular weight is 485 g/mol. The number of nitrogens with zero attached hydrogens (tertiary/aromatic N) is 7. The lowest BCUT2D eigenvalue weighted by atomic mass is 10.1. The number of carbonyl (C=O) groups excluding carboxylic acids is 1. The van der Waals surface area contributed by atoms with E-state index < -0.39 is 0 Å². The number of morpholine rings is 1. The number of anilines is 2. The summed E-state index contributed by atoms with van der Waals surface area (Å²) in [4.78, 5) is 24.2. The van der Waals surface area contributed by atoms with Crippen LogP contribution in [0, 0.1) is 6.92 Å². The van der Waals surface area contributed by atoms with Crippen LogP contribution >= 0.6 is 0 Å². The van der Waals surface area contributed by atoms with E-state index in [-0.39, 0.29) is 5.91 Å². The number of hydrogen-bond acceptors (Lipinski definition) is 7. The zero-order valence-corrected chi connectivity index (χ0v) is 20.4.